The first-order chi connectivity index (χ1) is 10.1. The van der Waals surface area contributed by atoms with E-state index in [0.29, 0.717) is 11.3 Å². The summed E-state index contributed by atoms with van der Waals surface area (Å²) in [4.78, 5) is 24.7. The summed E-state index contributed by atoms with van der Waals surface area (Å²) in [5.41, 5.74) is 2.12. The zero-order valence-electron chi connectivity index (χ0n) is 12.0. The molecular weight excluding hydrogens is 262 g/mol. The highest BCUT2D eigenvalue weighted by atomic mass is 16.2. The molecule has 0 atom stereocenters. The van der Waals surface area contributed by atoms with Gasteiger partial charge in [-0.2, -0.15) is 0 Å². The lowest BCUT2D eigenvalue weighted by Gasteiger charge is -2.14. The fourth-order valence-corrected chi connectivity index (χ4v) is 1.77. The van der Waals surface area contributed by atoms with Gasteiger partial charge >= 0.3 is 5.91 Å². The third-order valence-electron chi connectivity index (χ3n) is 3.05. The van der Waals surface area contributed by atoms with Crippen molar-refractivity contribution in [3.05, 3.63) is 65.7 Å². The van der Waals surface area contributed by atoms with Gasteiger partial charge in [0, 0.05) is 29.8 Å². The number of amides is 1. The van der Waals surface area contributed by atoms with E-state index in [1.807, 2.05) is 30.3 Å². The molecule has 21 heavy (non-hydrogen) atoms. The van der Waals surface area contributed by atoms with Gasteiger partial charge in [-0.05, 0) is 43.3 Å². The van der Waals surface area contributed by atoms with Crippen LogP contribution in [0.3, 0.4) is 0 Å². The maximum atomic E-state index is 12.0. The van der Waals surface area contributed by atoms with Crippen molar-refractivity contribution in [1.82, 2.24) is 0 Å². The van der Waals surface area contributed by atoms with Crippen LogP contribution >= 0.6 is 0 Å². The first kappa shape index (κ1) is 14.5. The standard InChI is InChI=1S/C18H15NO2/c1-14(20)16-9-11-17(12-10-16)19(2)18(21)13-8-15-6-4-3-5-7-15/h3-7,9-12H,1-2H3. The average molecular weight is 277 g/mol. The van der Waals surface area contributed by atoms with Crippen molar-refractivity contribution in [2.75, 3.05) is 11.9 Å². The van der Waals surface area contributed by atoms with Gasteiger partial charge in [-0.15, -0.1) is 0 Å². The summed E-state index contributed by atoms with van der Waals surface area (Å²) < 4.78 is 0. The molecule has 3 nitrogen and oxygen atoms in total. The molecule has 1 amide bonds. The highest BCUT2D eigenvalue weighted by molar-refractivity contribution is 6.06. The van der Waals surface area contributed by atoms with Gasteiger partial charge in [-0.1, -0.05) is 24.1 Å². The third kappa shape index (κ3) is 3.80. The van der Waals surface area contributed by atoms with Crippen LogP contribution in [0.5, 0.6) is 0 Å². The lowest BCUT2D eigenvalue weighted by atomic mass is 10.1. The fourth-order valence-electron chi connectivity index (χ4n) is 1.77. The molecule has 0 fully saturated rings. The van der Waals surface area contributed by atoms with Crippen LogP contribution in [0.4, 0.5) is 5.69 Å². The molecule has 0 aliphatic heterocycles. The Kier molecular flexibility index (Phi) is 4.53. The highest BCUT2D eigenvalue weighted by Crippen LogP contribution is 2.14. The van der Waals surface area contributed by atoms with Crippen molar-refractivity contribution in [3.63, 3.8) is 0 Å². The Bertz CT molecular complexity index is 706. The number of Topliss-reactive ketones (excluding diaryl/α,β-unsaturated/α-hetero) is 1. The second kappa shape index (κ2) is 6.53. The molecule has 0 saturated heterocycles. The predicted octanol–water partition coefficient (Wildman–Crippen LogP) is 2.90. The highest BCUT2D eigenvalue weighted by Gasteiger charge is 2.08. The van der Waals surface area contributed by atoms with Gasteiger partial charge in [0.05, 0.1) is 0 Å². The molecular formula is C18H15NO2. The molecule has 0 aliphatic rings. The summed E-state index contributed by atoms with van der Waals surface area (Å²) in [5.74, 6) is 5.14. The Labute approximate surface area is 124 Å². The molecule has 2 rings (SSSR count). The van der Waals surface area contributed by atoms with Gasteiger partial charge in [-0.25, -0.2) is 0 Å². The Hall–Kier alpha value is -2.86. The summed E-state index contributed by atoms with van der Waals surface area (Å²) in [5, 5.41) is 0. The van der Waals surface area contributed by atoms with Crippen molar-refractivity contribution in [2.45, 2.75) is 6.92 Å². The number of ketones is 1. The van der Waals surface area contributed by atoms with E-state index in [4.69, 9.17) is 0 Å². The first-order valence-electron chi connectivity index (χ1n) is 6.53. The fraction of sp³-hybridized carbons (Fsp3) is 0.111. The van der Waals surface area contributed by atoms with Crippen molar-refractivity contribution < 1.29 is 9.59 Å². The van der Waals surface area contributed by atoms with Crippen LogP contribution in [-0.2, 0) is 4.79 Å². The van der Waals surface area contributed by atoms with Gasteiger partial charge in [0.25, 0.3) is 0 Å². The van der Waals surface area contributed by atoms with Crippen LogP contribution in [0.15, 0.2) is 54.6 Å². The molecule has 0 heterocycles. The van der Waals surface area contributed by atoms with E-state index < -0.39 is 0 Å². The molecule has 2 aromatic carbocycles. The van der Waals surface area contributed by atoms with Crippen LogP contribution in [-0.4, -0.2) is 18.7 Å². The van der Waals surface area contributed by atoms with Crippen LogP contribution in [0.1, 0.15) is 22.8 Å². The molecule has 0 saturated carbocycles. The number of rotatable bonds is 2. The summed E-state index contributed by atoms with van der Waals surface area (Å²) >= 11 is 0. The number of anilines is 1. The van der Waals surface area contributed by atoms with Crippen LogP contribution in [0.25, 0.3) is 0 Å². The second-order valence-electron chi connectivity index (χ2n) is 4.58. The zero-order chi connectivity index (χ0) is 15.2. The molecule has 0 bridgehead atoms. The van der Waals surface area contributed by atoms with Gasteiger partial charge in [0.15, 0.2) is 5.78 Å². The summed E-state index contributed by atoms with van der Waals surface area (Å²) in [7, 11) is 1.66. The second-order valence-corrected chi connectivity index (χ2v) is 4.58. The van der Waals surface area contributed by atoms with E-state index in [2.05, 4.69) is 11.8 Å². The van der Waals surface area contributed by atoms with E-state index in [0.717, 1.165) is 5.56 Å². The number of hydrogen-bond donors (Lipinski definition) is 0. The monoisotopic (exact) mass is 277 g/mol. The van der Waals surface area contributed by atoms with Crippen LogP contribution in [0, 0.1) is 11.8 Å². The minimum absolute atomic E-state index is 0.000557. The molecule has 104 valence electrons. The van der Waals surface area contributed by atoms with Gasteiger partial charge < -0.3 is 4.90 Å². The SMILES string of the molecule is CC(=O)c1ccc(N(C)C(=O)C#Cc2ccccc2)cc1. The molecule has 0 N–H and O–H groups in total. The zero-order valence-corrected chi connectivity index (χ0v) is 12.0. The molecule has 0 radical (unpaired) electrons. The number of carbonyl (C=O) groups is 2. The molecule has 0 aromatic heterocycles. The van der Waals surface area contributed by atoms with E-state index in [1.165, 1.54) is 11.8 Å². The average Bonchev–Trinajstić information content (AvgIpc) is 2.53. The molecule has 0 unspecified atom stereocenters. The molecule has 2 aromatic rings. The minimum atomic E-state index is -0.297. The van der Waals surface area contributed by atoms with Gasteiger partial charge in [0.1, 0.15) is 0 Å². The molecule has 3 heteroatoms. The number of carbonyl (C=O) groups excluding carboxylic acids is 2. The van der Waals surface area contributed by atoms with E-state index >= 15 is 0 Å². The van der Waals surface area contributed by atoms with Crippen molar-refractivity contribution in [2.24, 2.45) is 0 Å². The summed E-state index contributed by atoms with van der Waals surface area (Å²) in [6.45, 7) is 1.51. The quantitative estimate of drug-likeness (QED) is 0.625. The number of benzene rings is 2. The smallest absolute Gasteiger partial charge is 0.302 e. The van der Waals surface area contributed by atoms with Crippen LogP contribution < -0.4 is 4.90 Å². The van der Waals surface area contributed by atoms with Gasteiger partial charge in [0.2, 0.25) is 0 Å². The van der Waals surface area contributed by atoms with Gasteiger partial charge in [-0.3, -0.25) is 9.59 Å². The van der Waals surface area contributed by atoms with E-state index in [-0.39, 0.29) is 11.7 Å². The lowest BCUT2D eigenvalue weighted by molar-refractivity contribution is -0.113. The Morgan fingerprint density at radius 2 is 1.57 bits per heavy atom. The Morgan fingerprint density at radius 3 is 2.14 bits per heavy atom. The predicted molar refractivity (Wildman–Crippen MR) is 83.2 cm³/mol. The summed E-state index contributed by atoms with van der Waals surface area (Å²) in [6, 6.07) is 16.2. The van der Waals surface area contributed by atoms with E-state index in [9.17, 15) is 9.59 Å². The van der Waals surface area contributed by atoms with Crippen molar-refractivity contribution >= 4 is 17.4 Å². The number of nitrogens with zero attached hydrogens (tertiary/aromatic N) is 1. The number of hydrogen-bond acceptors (Lipinski definition) is 2. The minimum Gasteiger partial charge on any atom is -0.305 e. The Morgan fingerprint density at radius 1 is 0.952 bits per heavy atom. The normalized spacial score (nSPS) is 9.43. The first-order valence-corrected chi connectivity index (χ1v) is 6.53. The van der Waals surface area contributed by atoms with E-state index in [1.54, 1.807) is 31.3 Å². The van der Waals surface area contributed by atoms with Crippen LogP contribution in [0.2, 0.25) is 0 Å². The molecule has 0 aliphatic carbocycles. The largest absolute Gasteiger partial charge is 0.305 e. The Balaban J connectivity index is 2.12. The lowest BCUT2D eigenvalue weighted by Crippen LogP contribution is -2.24. The van der Waals surface area contributed by atoms with Crippen molar-refractivity contribution in [1.29, 1.82) is 0 Å². The maximum absolute atomic E-state index is 12.0. The van der Waals surface area contributed by atoms with Crippen molar-refractivity contribution in [3.8, 4) is 11.8 Å². The third-order valence-corrected chi connectivity index (χ3v) is 3.05. The summed E-state index contributed by atoms with van der Waals surface area (Å²) in [6.07, 6.45) is 0. The molecule has 0 spiro atoms. The topological polar surface area (TPSA) is 37.4 Å². The maximum Gasteiger partial charge on any atom is 0.302 e.